The fraction of sp³-hybridized carbons (Fsp3) is 0.308. The van der Waals surface area contributed by atoms with Crippen molar-refractivity contribution >= 4 is 39.1 Å². The van der Waals surface area contributed by atoms with Crippen molar-refractivity contribution in [2.75, 3.05) is 0 Å². The van der Waals surface area contributed by atoms with E-state index in [0.717, 1.165) is 22.4 Å². The summed E-state index contributed by atoms with van der Waals surface area (Å²) < 4.78 is 8.61. The summed E-state index contributed by atoms with van der Waals surface area (Å²) in [5.41, 5.74) is 1.95. The van der Waals surface area contributed by atoms with Gasteiger partial charge < -0.3 is 4.74 Å². The standard InChI is InChI=1S/C13H13BrCl2N2O/c1-3-18-12(13(14)8(2)17-18)7-19-11-5-9(15)4-10(16)6-11/h4-6H,3,7H2,1-2H3. The summed E-state index contributed by atoms with van der Waals surface area (Å²) in [6.45, 7) is 5.20. The van der Waals surface area contributed by atoms with Crippen molar-refractivity contribution in [3.8, 4) is 5.75 Å². The molecular weight excluding hydrogens is 351 g/mol. The van der Waals surface area contributed by atoms with Gasteiger partial charge in [0.1, 0.15) is 12.4 Å². The lowest BCUT2D eigenvalue weighted by molar-refractivity contribution is 0.291. The van der Waals surface area contributed by atoms with Gasteiger partial charge >= 0.3 is 0 Å². The smallest absolute Gasteiger partial charge is 0.131 e. The maximum atomic E-state index is 5.93. The number of rotatable bonds is 4. The molecule has 0 amide bonds. The van der Waals surface area contributed by atoms with E-state index < -0.39 is 0 Å². The molecule has 0 unspecified atom stereocenters. The van der Waals surface area contributed by atoms with E-state index in [2.05, 4.69) is 21.0 Å². The molecule has 3 nitrogen and oxygen atoms in total. The van der Waals surface area contributed by atoms with E-state index in [4.69, 9.17) is 27.9 Å². The number of hydrogen-bond acceptors (Lipinski definition) is 2. The third kappa shape index (κ3) is 3.44. The Balaban J connectivity index is 2.18. The fourth-order valence-electron chi connectivity index (χ4n) is 1.77. The van der Waals surface area contributed by atoms with Crippen molar-refractivity contribution < 1.29 is 4.74 Å². The molecule has 0 aliphatic rings. The van der Waals surface area contributed by atoms with Gasteiger partial charge in [-0.1, -0.05) is 23.2 Å². The van der Waals surface area contributed by atoms with Gasteiger partial charge in [0.2, 0.25) is 0 Å². The van der Waals surface area contributed by atoms with Crippen molar-refractivity contribution in [2.45, 2.75) is 27.0 Å². The lowest BCUT2D eigenvalue weighted by Gasteiger charge is -2.09. The maximum absolute atomic E-state index is 5.93. The van der Waals surface area contributed by atoms with Crippen LogP contribution in [0.2, 0.25) is 10.0 Å². The van der Waals surface area contributed by atoms with Crippen LogP contribution in [0.4, 0.5) is 0 Å². The summed E-state index contributed by atoms with van der Waals surface area (Å²) in [7, 11) is 0. The van der Waals surface area contributed by atoms with E-state index in [0.29, 0.717) is 22.4 Å². The van der Waals surface area contributed by atoms with Crippen molar-refractivity contribution in [3.63, 3.8) is 0 Å². The number of benzene rings is 1. The summed E-state index contributed by atoms with van der Waals surface area (Å²) in [5.74, 6) is 0.644. The molecule has 2 aromatic rings. The second-order valence-corrected chi connectivity index (χ2v) is 5.72. The molecule has 0 aliphatic heterocycles. The average molecular weight is 364 g/mol. The molecule has 0 spiro atoms. The van der Waals surface area contributed by atoms with Crippen molar-refractivity contribution in [3.05, 3.63) is 44.1 Å². The lowest BCUT2D eigenvalue weighted by Crippen LogP contribution is -2.06. The molecule has 0 saturated carbocycles. The third-order valence-electron chi connectivity index (χ3n) is 2.66. The summed E-state index contributed by atoms with van der Waals surface area (Å²) in [4.78, 5) is 0. The predicted octanol–water partition coefficient (Wildman–Crippen LogP) is 4.86. The Morgan fingerprint density at radius 1 is 1.26 bits per heavy atom. The van der Waals surface area contributed by atoms with Crippen LogP contribution in [0.1, 0.15) is 18.3 Å². The molecule has 0 bridgehead atoms. The van der Waals surface area contributed by atoms with Crippen LogP contribution in [0, 0.1) is 6.92 Å². The average Bonchev–Trinajstić information content (AvgIpc) is 2.62. The van der Waals surface area contributed by atoms with E-state index in [-0.39, 0.29) is 0 Å². The minimum absolute atomic E-state index is 0.409. The van der Waals surface area contributed by atoms with Crippen molar-refractivity contribution in [1.82, 2.24) is 9.78 Å². The summed E-state index contributed by atoms with van der Waals surface area (Å²) >= 11 is 15.4. The first kappa shape index (κ1) is 14.7. The maximum Gasteiger partial charge on any atom is 0.131 e. The van der Waals surface area contributed by atoms with Crippen LogP contribution in [-0.4, -0.2) is 9.78 Å². The van der Waals surface area contributed by atoms with Crippen molar-refractivity contribution in [1.29, 1.82) is 0 Å². The lowest BCUT2D eigenvalue weighted by atomic mass is 10.3. The second kappa shape index (κ2) is 6.16. The first-order valence-corrected chi connectivity index (χ1v) is 7.36. The van der Waals surface area contributed by atoms with Gasteiger partial charge in [0, 0.05) is 16.6 Å². The van der Waals surface area contributed by atoms with E-state index in [1.165, 1.54) is 0 Å². The minimum Gasteiger partial charge on any atom is -0.487 e. The zero-order chi connectivity index (χ0) is 14.0. The zero-order valence-corrected chi connectivity index (χ0v) is 13.7. The van der Waals surface area contributed by atoms with Crippen molar-refractivity contribution in [2.24, 2.45) is 0 Å². The Hall–Kier alpha value is -0.710. The Kier molecular flexibility index (Phi) is 4.76. The number of nitrogens with zero attached hydrogens (tertiary/aromatic N) is 2. The van der Waals surface area contributed by atoms with Crippen LogP contribution in [0.5, 0.6) is 5.75 Å². The minimum atomic E-state index is 0.409. The van der Waals surface area contributed by atoms with E-state index in [9.17, 15) is 0 Å². The van der Waals surface area contributed by atoms with Gasteiger partial charge in [-0.05, 0) is 48.0 Å². The highest BCUT2D eigenvalue weighted by Gasteiger charge is 2.12. The van der Waals surface area contributed by atoms with E-state index in [1.807, 2.05) is 18.5 Å². The number of aryl methyl sites for hydroxylation is 2. The molecule has 1 aromatic carbocycles. The first-order valence-electron chi connectivity index (χ1n) is 5.82. The van der Waals surface area contributed by atoms with Gasteiger partial charge in [-0.25, -0.2) is 0 Å². The van der Waals surface area contributed by atoms with Crippen LogP contribution in [-0.2, 0) is 13.2 Å². The van der Waals surface area contributed by atoms with Gasteiger partial charge in [-0.3, -0.25) is 4.68 Å². The monoisotopic (exact) mass is 362 g/mol. The molecule has 1 heterocycles. The summed E-state index contributed by atoms with van der Waals surface area (Å²) in [5, 5.41) is 5.53. The SMILES string of the molecule is CCn1nc(C)c(Br)c1COc1cc(Cl)cc(Cl)c1. The highest BCUT2D eigenvalue weighted by Crippen LogP contribution is 2.27. The molecule has 19 heavy (non-hydrogen) atoms. The molecule has 0 saturated heterocycles. The highest BCUT2D eigenvalue weighted by atomic mass is 79.9. The summed E-state index contributed by atoms with van der Waals surface area (Å²) in [6, 6.07) is 5.15. The Labute approximate surface area is 130 Å². The Morgan fingerprint density at radius 2 is 1.89 bits per heavy atom. The van der Waals surface area contributed by atoms with Gasteiger partial charge in [0.05, 0.1) is 15.9 Å². The molecule has 6 heteroatoms. The quantitative estimate of drug-likeness (QED) is 0.775. The molecule has 0 radical (unpaired) electrons. The molecular formula is C13H13BrCl2N2O. The van der Waals surface area contributed by atoms with Gasteiger partial charge in [0.25, 0.3) is 0 Å². The molecule has 2 rings (SSSR count). The largest absolute Gasteiger partial charge is 0.487 e. The first-order chi connectivity index (χ1) is 9.01. The van der Waals surface area contributed by atoms with Crippen LogP contribution in [0.25, 0.3) is 0 Å². The van der Waals surface area contributed by atoms with E-state index >= 15 is 0 Å². The third-order valence-corrected chi connectivity index (χ3v) is 4.13. The number of hydrogen-bond donors (Lipinski definition) is 0. The second-order valence-electron chi connectivity index (χ2n) is 4.06. The van der Waals surface area contributed by atoms with E-state index in [1.54, 1.807) is 18.2 Å². The fourth-order valence-corrected chi connectivity index (χ4v) is 2.67. The number of aromatic nitrogens is 2. The van der Waals surface area contributed by atoms with Crippen LogP contribution in [0.15, 0.2) is 22.7 Å². The topological polar surface area (TPSA) is 27.1 Å². The normalized spacial score (nSPS) is 10.8. The number of ether oxygens (including phenoxy) is 1. The zero-order valence-electron chi connectivity index (χ0n) is 10.6. The summed E-state index contributed by atoms with van der Waals surface area (Å²) in [6.07, 6.45) is 0. The van der Waals surface area contributed by atoms with Crippen LogP contribution >= 0.6 is 39.1 Å². The molecule has 0 atom stereocenters. The molecule has 102 valence electrons. The number of halogens is 3. The van der Waals surface area contributed by atoms with Crippen LogP contribution < -0.4 is 4.74 Å². The molecule has 1 aromatic heterocycles. The highest BCUT2D eigenvalue weighted by molar-refractivity contribution is 9.10. The Bertz CT molecular complexity index is 578. The molecule has 0 fully saturated rings. The van der Waals surface area contributed by atoms with Gasteiger partial charge in [-0.15, -0.1) is 0 Å². The van der Waals surface area contributed by atoms with Crippen LogP contribution in [0.3, 0.4) is 0 Å². The Morgan fingerprint density at radius 3 is 2.47 bits per heavy atom. The molecule has 0 aliphatic carbocycles. The predicted molar refractivity (Wildman–Crippen MR) is 81.1 cm³/mol. The molecule has 0 N–H and O–H groups in total. The van der Waals surface area contributed by atoms with Gasteiger partial charge in [-0.2, -0.15) is 5.10 Å². The van der Waals surface area contributed by atoms with Gasteiger partial charge in [0.15, 0.2) is 0 Å².